The van der Waals surface area contributed by atoms with E-state index in [4.69, 9.17) is 10.4 Å². The quantitative estimate of drug-likeness (QED) is 0.598. The molecular weight excluding hydrogens is 250 g/mol. The van der Waals surface area contributed by atoms with Crippen molar-refractivity contribution in [3.05, 3.63) is 33.9 Å². The molecule has 0 saturated carbocycles. The molecule has 0 saturated heterocycles. The van der Waals surface area contributed by atoms with Gasteiger partial charge in [0.15, 0.2) is 0 Å². The van der Waals surface area contributed by atoms with Crippen LogP contribution in [0.2, 0.25) is 0 Å². The summed E-state index contributed by atoms with van der Waals surface area (Å²) in [5.74, 6) is -1.45. The van der Waals surface area contributed by atoms with E-state index in [2.05, 4.69) is 5.32 Å². The molecule has 1 rings (SSSR count). The minimum absolute atomic E-state index is 0.137. The Labute approximate surface area is 109 Å². The lowest BCUT2D eigenvalue weighted by Crippen LogP contribution is -2.15. The van der Waals surface area contributed by atoms with Crippen molar-refractivity contribution in [2.75, 3.05) is 11.9 Å². The first kappa shape index (κ1) is 14.4. The molecule has 0 spiro atoms. The fraction of sp³-hybridized carbons (Fsp3) is 0.333. The molecule has 0 aromatic heterocycles. The molecule has 1 unspecified atom stereocenters. The zero-order chi connectivity index (χ0) is 14.4. The summed E-state index contributed by atoms with van der Waals surface area (Å²) in [6.45, 7) is 1.84. The number of hydrogen-bond donors (Lipinski definition) is 2. The Kier molecular flexibility index (Phi) is 4.83. The van der Waals surface area contributed by atoms with Crippen molar-refractivity contribution in [2.45, 2.75) is 13.3 Å². The zero-order valence-electron chi connectivity index (χ0n) is 10.3. The van der Waals surface area contributed by atoms with Gasteiger partial charge in [0.1, 0.15) is 5.69 Å². The van der Waals surface area contributed by atoms with Crippen molar-refractivity contribution in [2.24, 2.45) is 5.92 Å². The highest BCUT2D eigenvalue weighted by Gasteiger charge is 2.15. The molecular formula is C12H13N3O4. The SMILES string of the molecule is CC(CCNc1cc(C#N)ccc1[N+](=O)[O-])C(=O)O. The van der Waals surface area contributed by atoms with Gasteiger partial charge >= 0.3 is 5.97 Å². The minimum Gasteiger partial charge on any atom is -0.481 e. The van der Waals surface area contributed by atoms with Gasteiger partial charge in [-0.15, -0.1) is 0 Å². The van der Waals surface area contributed by atoms with Crippen LogP contribution in [0.15, 0.2) is 18.2 Å². The second kappa shape index (κ2) is 6.35. The van der Waals surface area contributed by atoms with E-state index in [1.54, 1.807) is 6.92 Å². The van der Waals surface area contributed by atoms with Gasteiger partial charge in [-0.1, -0.05) is 6.92 Å². The summed E-state index contributed by atoms with van der Waals surface area (Å²) in [4.78, 5) is 20.9. The van der Waals surface area contributed by atoms with E-state index in [1.807, 2.05) is 6.07 Å². The third kappa shape index (κ3) is 3.96. The smallest absolute Gasteiger partial charge is 0.306 e. The number of aliphatic carboxylic acids is 1. The van der Waals surface area contributed by atoms with Gasteiger partial charge in [0.25, 0.3) is 5.69 Å². The number of carboxylic acid groups (broad SMARTS) is 1. The fourth-order valence-corrected chi connectivity index (χ4v) is 1.45. The van der Waals surface area contributed by atoms with E-state index in [-0.39, 0.29) is 17.9 Å². The van der Waals surface area contributed by atoms with Crippen LogP contribution in [0.1, 0.15) is 18.9 Å². The molecule has 2 N–H and O–H groups in total. The van der Waals surface area contributed by atoms with Crippen LogP contribution >= 0.6 is 0 Å². The molecule has 7 nitrogen and oxygen atoms in total. The maximum absolute atomic E-state index is 10.8. The van der Waals surface area contributed by atoms with Gasteiger partial charge < -0.3 is 10.4 Å². The van der Waals surface area contributed by atoms with E-state index < -0.39 is 16.8 Å². The highest BCUT2D eigenvalue weighted by molar-refractivity contribution is 5.69. The first-order valence-corrected chi connectivity index (χ1v) is 5.61. The van der Waals surface area contributed by atoms with E-state index >= 15 is 0 Å². The molecule has 1 aromatic rings. The van der Waals surface area contributed by atoms with Crippen molar-refractivity contribution in [1.82, 2.24) is 0 Å². The van der Waals surface area contributed by atoms with Crippen LogP contribution in [0.25, 0.3) is 0 Å². The Hall–Kier alpha value is -2.62. The molecule has 0 aliphatic rings. The number of hydrogen-bond acceptors (Lipinski definition) is 5. The molecule has 0 bridgehead atoms. The van der Waals surface area contributed by atoms with Crippen molar-refractivity contribution in [3.63, 3.8) is 0 Å². The third-order valence-electron chi connectivity index (χ3n) is 2.64. The van der Waals surface area contributed by atoms with Crippen molar-refractivity contribution >= 4 is 17.3 Å². The largest absolute Gasteiger partial charge is 0.481 e. The summed E-state index contributed by atoms with van der Waals surface area (Å²) in [6, 6.07) is 5.89. The maximum atomic E-state index is 10.8. The number of nitriles is 1. The lowest BCUT2D eigenvalue weighted by Gasteiger charge is -2.09. The van der Waals surface area contributed by atoms with Gasteiger partial charge in [-0.3, -0.25) is 14.9 Å². The fourth-order valence-electron chi connectivity index (χ4n) is 1.45. The van der Waals surface area contributed by atoms with E-state index in [9.17, 15) is 14.9 Å². The zero-order valence-corrected chi connectivity index (χ0v) is 10.3. The molecule has 0 fully saturated rings. The van der Waals surface area contributed by atoms with Crippen LogP contribution < -0.4 is 5.32 Å². The summed E-state index contributed by atoms with van der Waals surface area (Å²) >= 11 is 0. The van der Waals surface area contributed by atoms with E-state index in [0.29, 0.717) is 12.0 Å². The average Bonchev–Trinajstić information content (AvgIpc) is 2.37. The topological polar surface area (TPSA) is 116 Å². The third-order valence-corrected chi connectivity index (χ3v) is 2.64. The van der Waals surface area contributed by atoms with E-state index in [1.165, 1.54) is 18.2 Å². The van der Waals surface area contributed by atoms with Gasteiger partial charge in [-0.05, 0) is 18.6 Å². The highest BCUT2D eigenvalue weighted by atomic mass is 16.6. The molecule has 0 heterocycles. The molecule has 1 atom stereocenters. The summed E-state index contributed by atoms with van der Waals surface area (Å²) in [5.41, 5.74) is 0.392. The van der Waals surface area contributed by atoms with Gasteiger partial charge in [-0.25, -0.2) is 0 Å². The number of nitrogens with zero attached hydrogens (tertiary/aromatic N) is 2. The molecule has 1 aromatic carbocycles. The van der Waals surface area contributed by atoms with Crippen LogP contribution in [0.5, 0.6) is 0 Å². The predicted molar refractivity (Wildman–Crippen MR) is 67.7 cm³/mol. The number of benzene rings is 1. The summed E-state index contributed by atoms with van der Waals surface area (Å²) in [7, 11) is 0. The lowest BCUT2D eigenvalue weighted by molar-refractivity contribution is -0.384. The van der Waals surface area contributed by atoms with Gasteiger partial charge in [-0.2, -0.15) is 5.26 Å². The van der Waals surface area contributed by atoms with Crippen LogP contribution in [-0.4, -0.2) is 22.5 Å². The Morgan fingerprint density at radius 1 is 1.63 bits per heavy atom. The number of nitro benzene ring substituents is 1. The van der Waals surface area contributed by atoms with E-state index in [0.717, 1.165) is 0 Å². The highest BCUT2D eigenvalue weighted by Crippen LogP contribution is 2.25. The summed E-state index contributed by atoms with van der Waals surface area (Å²) < 4.78 is 0. The van der Waals surface area contributed by atoms with Crippen LogP contribution in [0.4, 0.5) is 11.4 Å². The molecule has 0 aliphatic heterocycles. The summed E-state index contributed by atoms with van der Waals surface area (Å²) in [6.07, 6.45) is 0.337. The van der Waals surface area contributed by atoms with Crippen LogP contribution in [0, 0.1) is 27.4 Å². The normalized spacial score (nSPS) is 11.4. The Balaban J connectivity index is 2.78. The average molecular weight is 263 g/mol. The first-order chi connectivity index (χ1) is 8.95. The number of carboxylic acids is 1. The number of carbonyl (C=O) groups is 1. The second-order valence-electron chi connectivity index (χ2n) is 4.06. The van der Waals surface area contributed by atoms with Gasteiger partial charge in [0.2, 0.25) is 0 Å². The maximum Gasteiger partial charge on any atom is 0.306 e. The molecule has 0 amide bonds. The minimum atomic E-state index is -0.915. The van der Waals surface area contributed by atoms with Gasteiger partial charge in [0, 0.05) is 12.6 Å². The Morgan fingerprint density at radius 2 is 2.32 bits per heavy atom. The number of nitro groups is 1. The lowest BCUT2D eigenvalue weighted by atomic mass is 10.1. The van der Waals surface area contributed by atoms with Gasteiger partial charge in [0.05, 0.1) is 22.5 Å². The molecule has 19 heavy (non-hydrogen) atoms. The van der Waals surface area contributed by atoms with Crippen molar-refractivity contribution in [3.8, 4) is 6.07 Å². The standard InChI is InChI=1S/C12H13N3O4/c1-8(12(16)17)4-5-14-10-6-9(7-13)2-3-11(10)15(18)19/h2-3,6,8,14H,4-5H2,1H3,(H,16,17). The van der Waals surface area contributed by atoms with Crippen molar-refractivity contribution in [1.29, 1.82) is 5.26 Å². The number of rotatable bonds is 6. The monoisotopic (exact) mass is 263 g/mol. The first-order valence-electron chi connectivity index (χ1n) is 5.61. The molecule has 100 valence electrons. The number of anilines is 1. The molecule has 0 aliphatic carbocycles. The molecule has 7 heteroatoms. The molecule has 0 radical (unpaired) electrons. The van der Waals surface area contributed by atoms with Crippen LogP contribution in [0.3, 0.4) is 0 Å². The van der Waals surface area contributed by atoms with Crippen molar-refractivity contribution < 1.29 is 14.8 Å². The predicted octanol–water partition coefficient (Wildman–Crippen LogP) is 1.99. The number of nitrogens with one attached hydrogen (secondary N) is 1. The Bertz CT molecular complexity index is 536. The van der Waals surface area contributed by atoms with Crippen LogP contribution in [-0.2, 0) is 4.79 Å². The Morgan fingerprint density at radius 3 is 2.84 bits per heavy atom. The second-order valence-corrected chi connectivity index (χ2v) is 4.06. The summed E-state index contributed by atoms with van der Waals surface area (Å²) in [5, 5.41) is 31.1.